The van der Waals surface area contributed by atoms with Crippen LogP contribution in [0.4, 0.5) is 0 Å². The molecule has 0 bridgehead atoms. The Bertz CT molecular complexity index is 664. The lowest BCUT2D eigenvalue weighted by Crippen LogP contribution is -2.37. The molecule has 1 aromatic rings. The molecule has 0 aromatic carbocycles. The first kappa shape index (κ1) is 15.5. The van der Waals surface area contributed by atoms with Crippen molar-refractivity contribution in [2.45, 2.75) is 44.1 Å². The van der Waals surface area contributed by atoms with Crippen molar-refractivity contribution in [3.8, 4) is 0 Å². The number of nitrogens with zero attached hydrogens (tertiary/aromatic N) is 5. The predicted molar refractivity (Wildman–Crippen MR) is 83.1 cm³/mol. The number of fused-ring (bicyclic) bond motifs is 1. The molecule has 128 valence electrons. The Morgan fingerprint density at radius 2 is 1.91 bits per heavy atom. The van der Waals surface area contributed by atoms with Crippen molar-refractivity contribution in [1.29, 1.82) is 0 Å². The Morgan fingerprint density at radius 1 is 1.13 bits per heavy atom. The number of rotatable bonds is 4. The highest BCUT2D eigenvalue weighted by atomic mass is 32.2. The molecule has 0 spiro atoms. The Morgan fingerprint density at radius 3 is 2.65 bits per heavy atom. The van der Waals surface area contributed by atoms with Crippen LogP contribution in [-0.2, 0) is 34.4 Å². The molecule has 3 heterocycles. The molecule has 0 radical (unpaired) electrons. The Kier molecular flexibility index (Phi) is 4.12. The van der Waals surface area contributed by atoms with E-state index in [4.69, 9.17) is 4.74 Å². The minimum atomic E-state index is -3.15. The fraction of sp³-hybridized carbons (Fsp3) is 0.857. The molecule has 8 nitrogen and oxygen atoms in total. The van der Waals surface area contributed by atoms with Gasteiger partial charge in [0.15, 0.2) is 0 Å². The topological polar surface area (TPSA) is 80.6 Å². The van der Waals surface area contributed by atoms with E-state index in [1.54, 1.807) is 4.31 Å². The van der Waals surface area contributed by atoms with Gasteiger partial charge in [-0.15, -0.1) is 5.10 Å². The van der Waals surface area contributed by atoms with Gasteiger partial charge in [0.05, 0.1) is 30.7 Å². The molecule has 3 aliphatic rings. The average Bonchev–Trinajstić information content (AvgIpc) is 3.36. The maximum Gasteiger partial charge on any atom is 0.217 e. The second-order valence-electron chi connectivity index (χ2n) is 6.53. The van der Waals surface area contributed by atoms with Crippen LogP contribution >= 0.6 is 0 Å². The summed E-state index contributed by atoms with van der Waals surface area (Å²) in [6.45, 7) is 5.70. The summed E-state index contributed by atoms with van der Waals surface area (Å²) in [5.74, 6) is 0. The lowest BCUT2D eigenvalue weighted by molar-refractivity contribution is 0.0335. The van der Waals surface area contributed by atoms with Crippen molar-refractivity contribution in [1.82, 2.24) is 24.2 Å². The van der Waals surface area contributed by atoms with E-state index in [2.05, 4.69) is 15.2 Å². The number of hydrogen-bond acceptors (Lipinski definition) is 6. The largest absolute Gasteiger partial charge is 0.379 e. The zero-order chi connectivity index (χ0) is 15.9. The van der Waals surface area contributed by atoms with Gasteiger partial charge in [-0.3, -0.25) is 4.90 Å². The fourth-order valence-electron chi connectivity index (χ4n) is 3.25. The third-order valence-electron chi connectivity index (χ3n) is 4.80. The van der Waals surface area contributed by atoms with Crippen molar-refractivity contribution in [3.63, 3.8) is 0 Å². The Balaban J connectivity index is 1.54. The van der Waals surface area contributed by atoms with E-state index in [9.17, 15) is 8.42 Å². The first-order valence-corrected chi connectivity index (χ1v) is 9.85. The molecule has 23 heavy (non-hydrogen) atoms. The molecule has 0 N–H and O–H groups in total. The summed E-state index contributed by atoms with van der Waals surface area (Å²) in [6.07, 6.45) is 2.40. The first-order valence-electron chi connectivity index (χ1n) is 8.35. The van der Waals surface area contributed by atoms with Crippen LogP contribution in [0.1, 0.15) is 30.7 Å². The normalized spacial score (nSPS) is 24.3. The Labute approximate surface area is 136 Å². The van der Waals surface area contributed by atoms with E-state index < -0.39 is 10.0 Å². The number of sulfonamides is 1. The molecule has 4 rings (SSSR count). The second kappa shape index (κ2) is 6.12. The maximum absolute atomic E-state index is 12.6. The van der Waals surface area contributed by atoms with E-state index in [0.29, 0.717) is 13.1 Å². The summed E-state index contributed by atoms with van der Waals surface area (Å²) in [5, 5.41) is 8.41. The van der Waals surface area contributed by atoms with Crippen LogP contribution in [0, 0.1) is 0 Å². The van der Waals surface area contributed by atoms with E-state index in [-0.39, 0.29) is 5.25 Å². The fourth-order valence-corrected chi connectivity index (χ4v) is 5.09. The monoisotopic (exact) mass is 341 g/mol. The molecule has 1 aliphatic carbocycles. The summed E-state index contributed by atoms with van der Waals surface area (Å²) in [5.41, 5.74) is 1.86. The molecule has 0 atom stereocenters. The van der Waals surface area contributed by atoms with E-state index in [1.165, 1.54) is 0 Å². The summed E-state index contributed by atoms with van der Waals surface area (Å²) in [6, 6.07) is 0. The second-order valence-corrected chi connectivity index (χ2v) is 8.74. The number of ether oxygens (including phenoxy) is 1. The van der Waals surface area contributed by atoms with Crippen molar-refractivity contribution in [3.05, 3.63) is 11.4 Å². The summed E-state index contributed by atoms with van der Waals surface area (Å²) < 4.78 is 34.1. The minimum Gasteiger partial charge on any atom is -0.379 e. The SMILES string of the molecule is O=S(=O)(C1CC1)N1CCCn2nnc(CN3CCOCC3)c2C1. The lowest BCUT2D eigenvalue weighted by Gasteiger charge is -2.26. The molecule has 2 aliphatic heterocycles. The van der Waals surface area contributed by atoms with Gasteiger partial charge < -0.3 is 4.74 Å². The molecule has 1 saturated heterocycles. The van der Waals surface area contributed by atoms with Gasteiger partial charge in [-0.05, 0) is 19.3 Å². The summed E-state index contributed by atoms with van der Waals surface area (Å²) in [4.78, 5) is 2.29. The van der Waals surface area contributed by atoms with Crippen LogP contribution in [0.2, 0.25) is 0 Å². The van der Waals surface area contributed by atoms with Gasteiger partial charge >= 0.3 is 0 Å². The van der Waals surface area contributed by atoms with E-state index >= 15 is 0 Å². The molecule has 2 fully saturated rings. The third-order valence-corrected chi connectivity index (χ3v) is 7.15. The van der Waals surface area contributed by atoms with Crippen LogP contribution in [0.25, 0.3) is 0 Å². The number of aryl methyl sites for hydroxylation is 1. The van der Waals surface area contributed by atoms with Gasteiger partial charge in [0.2, 0.25) is 10.0 Å². The average molecular weight is 341 g/mol. The zero-order valence-electron chi connectivity index (χ0n) is 13.2. The van der Waals surface area contributed by atoms with E-state index in [0.717, 1.165) is 70.0 Å². The van der Waals surface area contributed by atoms with Gasteiger partial charge in [-0.1, -0.05) is 5.21 Å². The highest BCUT2D eigenvalue weighted by Gasteiger charge is 2.41. The van der Waals surface area contributed by atoms with Crippen molar-refractivity contribution in [2.75, 3.05) is 32.8 Å². The molecular formula is C14H23N5O3S. The van der Waals surface area contributed by atoms with Crippen LogP contribution in [0.3, 0.4) is 0 Å². The smallest absolute Gasteiger partial charge is 0.217 e. The first-order chi connectivity index (χ1) is 11.1. The van der Waals surface area contributed by atoms with E-state index in [1.807, 2.05) is 4.68 Å². The quantitative estimate of drug-likeness (QED) is 0.755. The molecule has 9 heteroatoms. The van der Waals surface area contributed by atoms with Gasteiger partial charge in [0.1, 0.15) is 5.69 Å². The maximum atomic E-state index is 12.6. The van der Waals surface area contributed by atoms with Crippen molar-refractivity contribution in [2.24, 2.45) is 0 Å². The molecule has 0 unspecified atom stereocenters. The van der Waals surface area contributed by atoms with Gasteiger partial charge in [-0.25, -0.2) is 13.1 Å². The van der Waals surface area contributed by atoms with Gasteiger partial charge in [-0.2, -0.15) is 4.31 Å². The molecule has 1 aromatic heterocycles. The molecule has 1 saturated carbocycles. The zero-order valence-corrected chi connectivity index (χ0v) is 14.0. The van der Waals surface area contributed by atoms with Crippen LogP contribution in [0.15, 0.2) is 0 Å². The number of hydrogen-bond donors (Lipinski definition) is 0. The molecule has 0 amide bonds. The van der Waals surface area contributed by atoms with Gasteiger partial charge in [0, 0.05) is 32.7 Å². The van der Waals surface area contributed by atoms with Crippen molar-refractivity contribution >= 4 is 10.0 Å². The summed E-state index contributed by atoms with van der Waals surface area (Å²) >= 11 is 0. The highest BCUT2D eigenvalue weighted by Crippen LogP contribution is 2.32. The van der Waals surface area contributed by atoms with Crippen LogP contribution < -0.4 is 0 Å². The third kappa shape index (κ3) is 3.15. The number of aromatic nitrogens is 3. The standard InChI is InChI=1S/C14H23N5O3S/c20-23(21,12-2-3-12)18-4-1-5-19-14(11-18)13(15-16-19)10-17-6-8-22-9-7-17/h12H,1-11H2. The minimum absolute atomic E-state index is 0.160. The Hall–Kier alpha value is -1.03. The van der Waals surface area contributed by atoms with Crippen LogP contribution in [-0.4, -0.2) is 70.7 Å². The predicted octanol–water partition coefficient (Wildman–Crippen LogP) is -0.192. The lowest BCUT2D eigenvalue weighted by atomic mass is 10.2. The summed E-state index contributed by atoms with van der Waals surface area (Å²) in [7, 11) is -3.15. The number of morpholine rings is 1. The van der Waals surface area contributed by atoms with Crippen LogP contribution in [0.5, 0.6) is 0 Å². The van der Waals surface area contributed by atoms with Gasteiger partial charge in [0.25, 0.3) is 0 Å². The molecular weight excluding hydrogens is 318 g/mol. The highest BCUT2D eigenvalue weighted by molar-refractivity contribution is 7.90. The van der Waals surface area contributed by atoms with Crippen molar-refractivity contribution < 1.29 is 13.2 Å².